The van der Waals surface area contributed by atoms with E-state index in [1.807, 2.05) is 43.3 Å². The van der Waals surface area contributed by atoms with Crippen LogP contribution in [0.1, 0.15) is 29.2 Å². The zero-order chi connectivity index (χ0) is 25.0. The van der Waals surface area contributed by atoms with Crippen molar-refractivity contribution < 1.29 is 28.6 Å². The minimum Gasteiger partial charge on any atom is -0.497 e. The Labute approximate surface area is 203 Å². The maximum absolute atomic E-state index is 14.2. The van der Waals surface area contributed by atoms with E-state index in [1.165, 1.54) is 11.0 Å². The molecule has 0 unspecified atom stereocenters. The van der Waals surface area contributed by atoms with E-state index in [9.17, 15) is 19.1 Å². The van der Waals surface area contributed by atoms with Crippen LogP contribution in [0.5, 0.6) is 11.5 Å². The number of ether oxygens (including phenoxy) is 2. The standard InChI is InChI=1S/C28H28FNO5/c1-28(15-21-5-3-4-6-24(21)29)16-22-13-20(9-12-25(22)35-28)14-26(31)30(18-27(32)33)17-19-7-10-23(34-2)11-8-19/h3-13H,14-18H2,1-2H3,(H,32,33)/t28-/m0/s1. The van der Waals surface area contributed by atoms with E-state index in [2.05, 4.69) is 0 Å². The molecule has 182 valence electrons. The quantitative estimate of drug-likeness (QED) is 0.494. The second-order valence-corrected chi connectivity index (χ2v) is 9.11. The summed E-state index contributed by atoms with van der Waals surface area (Å²) >= 11 is 0. The van der Waals surface area contributed by atoms with Crippen LogP contribution in [0, 0.1) is 5.82 Å². The third kappa shape index (κ3) is 5.98. The molecule has 35 heavy (non-hydrogen) atoms. The van der Waals surface area contributed by atoms with Crippen LogP contribution >= 0.6 is 0 Å². The lowest BCUT2D eigenvalue weighted by Crippen LogP contribution is -2.36. The lowest BCUT2D eigenvalue weighted by atomic mass is 9.91. The molecule has 6 nitrogen and oxygen atoms in total. The molecule has 7 heteroatoms. The van der Waals surface area contributed by atoms with Gasteiger partial charge < -0.3 is 19.5 Å². The highest BCUT2D eigenvalue weighted by molar-refractivity contribution is 5.83. The van der Waals surface area contributed by atoms with Crippen molar-refractivity contribution in [2.75, 3.05) is 13.7 Å². The van der Waals surface area contributed by atoms with Crippen LogP contribution in [0.25, 0.3) is 0 Å². The predicted octanol–water partition coefficient (Wildman–Crippen LogP) is 4.43. The monoisotopic (exact) mass is 477 g/mol. The van der Waals surface area contributed by atoms with E-state index < -0.39 is 11.6 Å². The smallest absolute Gasteiger partial charge is 0.323 e. The predicted molar refractivity (Wildman–Crippen MR) is 129 cm³/mol. The van der Waals surface area contributed by atoms with Gasteiger partial charge in [0.1, 0.15) is 29.5 Å². The highest BCUT2D eigenvalue weighted by Crippen LogP contribution is 2.38. The first-order chi connectivity index (χ1) is 16.7. The Balaban J connectivity index is 1.45. The van der Waals surface area contributed by atoms with Crippen LogP contribution in [0.2, 0.25) is 0 Å². The summed E-state index contributed by atoms with van der Waals surface area (Å²) in [4.78, 5) is 25.8. The Morgan fingerprint density at radius 3 is 2.49 bits per heavy atom. The van der Waals surface area contributed by atoms with Crippen molar-refractivity contribution in [3.8, 4) is 11.5 Å². The Morgan fingerprint density at radius 1 is 1.09 bits per heavy atom. The number of hydrogen-bond donors (Lipinski definition) is 1. The lowest BCUT2D eigenvalue weighted by molar-refractivity contribution is -0.144. The molecule has 0 saturated carbocycles. The number of amides is 1. The number of rotatable bonds is 9. The summed E-state index contributed by atoms with van der Waals surface area (Å²) in [5.74, 6) is -0.197. The summed E-state index contributed by atoms with van der Waals surface area (Å²) in [6, 6.07) is 19.4. The molecule has 0 aromatic heterocycles. The van der Waals surface area contributed by atoms with Gasteiger partial charge >= 0.3 is 5.97 Å². The topological polar surface area (TPSA) is 76.1 Å². The van der Waals surface area contributed by atoms with Crippen LogP contribution in [-0.2, 0) is 35.4 Å². The first-order valence-corrected chi connectivity index (χ1v) is 11.4. The molecule has 4 rings (SSSR count). The molecule has 3 aromatic rings. The number of carboxylic acids is 1. The number of benzene rings is 3. The van der Waals surface area contributed by atoms with Gasteiger partial charge in [0.2, 0.25) is 5.91 Å². The average molecular weight is 478 g/mol. The number of carbonyl (C=O) groups is 2. The van der Waals surface area contributed by atoms with Gasteiger partial charge in [-0.1, -0.05) is 42.5 Å². The highest BCUT2D eigenvalue weighted by Gasteiger charge is 2.36. The van der Waals surface area contributed by atoms with E-state index in [1.54, 1.807) is 31.4 Å². The molecule has 0 radical (unpaired) electrons. The molecule has 1 N–H and O–H groups in total. The molecular formula is C28H28FNO5. The fraction of sp³-hybridized carbons (Fsp3) is 0.286. The van der Waals surface area contributed by atoms with Gasteiger partial charge in [0.25, 0.3) is 0 Å². The third-order valence-electron chi connectivity index (χ3n) is 6.13. The number of aliphatic carboxylic acids is 1. The Hall–Kier alpha value is -3.87. The number of carbonyl (C=O) groups excluding carboxylic acids is 1. The van der Waals surface area contributed by atoms with E-state index >= 15 is 0 Å². The van der Waals surface area contributed by atoms with Gasteiger partial charge in [0, 0.05) is 19.4 Å². The first kappa shape index (κ1) is 24.3. The van der Waals surface area contributed by atoms with E-state index in [4.69, 9.17) is 9.47 Å². The SMILES string of the molecule is COc1ccc(CN(CC(=O)O)C(=O)Cc2ccc3c(c2)C[C@](C)(Cc2ccccc2F)O3)cc1. The van der Waals surface area contributed by atoms with Crippen LogP contribution < -0.4 is 9.47 Å². The van der Waals surface area contributed by atoms with Gasteiger partial charge in [-0.2, -0.15) is 0 Å². The largest absolute Gasteiger partial charge is 0.497 e. The molecule has 0 aliphatic carbocycles. The van der Waals surface area contributed by atoms with Crippen molar-refractivity contribution in [3.05, 3.63) is 94.8 Å². The minimum absolute atomic E-state index is 0.0702. The van der Waals surface area contributed by atoms with E-state index in [-0.39, 0.29) is 31.2 Å². The van der Waals surface area contributed by atoms with Gasteiger partial charge in [-0.05, 0) is 53.4 Å². The molecular weight excluding hydrogens is 449 g/mol. The summed E-state index contributed by atoms with van der Waals surface area (Å²) in [5, 5.41) is 9.33. The van der Waals surface area contributed by atoms with Crippen LogP contribution in [0.15, 0.2) is 66.7 Å². The molecule has 0 bridgehead atoms. The summed E-state index contributed by atoms with van der Waals surface area (Å²) in [6.45, 7) is 1.75. The zero-order valence-corrected chi connectivity index (χ0v) is 19.8. The maximum atomic E-state index is 14.2. The zero-order valence-electron chi connectivity index (χ0n) is 19.8. The Morgan fingerprint density at radius 2 is 1.80 bits per heavy atom. The van der Waals surface area contributed by atoms with Crippen molar-refractivity contribution in [3.63, 3.8) is 0 Å². The van der Waals surface area contributed by atoms with Gasteiger partial charge in [-0.3, -0.25) is 9.59 Å². The molecule has 1 aliphatic heterocycles. The fourth-order valence-corrected chi connectivity index (χ4v) is 4.46. The van der Waals surface area contributed by atoms with Gasteiger partial charge in [-0.15, -0.1) is 0 Å². The molecule has 1 atom stereocenters. The second kappa shape index (κ2) is 10.2. The van der Waals surface area contributed by atoms with Crippen LogP contribution in [0.4, 0.5) is 4.39 Å². The third-order valence-corrected chi connectivity index (χ3v) is 6.13. The second-order valence-electron chi connectivity index (χ2n) is 9.11. The summed E-state index contributed by atoms with van der Waals surface area (Å²) in [6.07, 6.45) is 1.08. The molecule has 3 aromatic carbocycles. The molecule has 0 spiro atoms. The maximum Gasteiger partial charge on any atom is 0.323 e. The van der Waals surface area contributed by atoms with Crippen LogP contribution in [-0.4, -0.2) is 41.1 Å². The van der Waals surface area contributed by atoms with Crippen molar-refractivity contribution >= 4 is 11.9 Å². The normalized spacial score (nSPS) is 16.3. The van der Waals surface area contributed by atoms with Crippen molar-refractivity contribution in [1.29, 1.82) is 0 Å². The molecule has 1 heterocycles. The highest BCUT2D eigenvalue weighted by atomic mass is 19.1. The van der Waals surface area contributed by atoms with Crippen LogP contribution in [0.3, 0.4) is 0 Å². The average Bonchev–Trinajstić information content (AvgIpc) is 3.15. The number of fused-ring (bicyclic) bond motifs is 1. The number of carboxylic acid groups (broad SMARTS) is 1. The summed E-state index contributed by atoms with van der Waals surface area (Å²) in [7, 11) is 1.57. The Kier molecular flexibility index (Phi) is 7.05. The van der Waals surface area contributed by atoms with Crippen molar-refractivity contribution in [2.24, 2.45) is 0 Å². The Bertz CT molecular complexity index is 1230. The van der Waals surface area contributed by atoms with Gasteiger partial charge in [-0.25, -0.2) is 4.39 Å². The number of hydrogen-bond acceptors (Lipinski definition) is 4. The van der Waals surface area contributed by atoms with Crippen molar-refractivity contribution in [1.82, 2.24) is 4.90 Å². The molecule has 1 aliphatic rings. The van der Waals surface area contributed by atoms with Gasteiger partial charge in [0.15, 0.2) is 0 Å². The van der Waals surface area contributed by atoms with E-state index in [0.29, 0.717) is 24.2 Å². The summed E-state index contributed by atoms with van der Waals surface area (Å²) < 4.78 is 25.5. The summed E-state index contributed by atoms with van der Waals surface area (Å²) in [5.41, 5.74) is 2.55. The first-order valence-electron chi connectivity index (χ1n) is 11.4. The van der Waals surface area contributed by atoms with Crippen molar-refractivity contribution in [2.45, 2.75) is 38.3 Å². The number of halogens is 1. The van der Waals surface area contributed by atoms with E-state index in [0.717, 1.165) is 22.4 Å². The number of methoxy groups -OCH3 is 1. The van der Waals surface area contributed by atoms with Gasteiger partial charge in [0.05, 0.1) is 13.5 Å². The minimum atomic E-state index is -1.07. The molecule has 0 saturated heterocycles. The number of nitrogens with zero attached hydrogens (tertiary/aromatic N) is 1. The lowest BCUT2D eigenvalue weighted by Gasteiger charge is -2.24. The molecule has 1 amide bonds. The fourth-order valence-electron chi connectivity index (χ4n) is 4.46. The molecule has 0 fully saturated rings.